The molecule has 2 aromatic heterocycles. The molecule has 2 atom stereocenters. The maximum atomic E-state index is 13.0. The number of hydrogen-bond acceptors (Lipinski definition) is 8. The molecule has 2 aliphatic rings. The average Bonchev–Trinajstić information content (AvgIpc) is 3.20. The minimum absolute atomic E-state index is 0.0129. The molecule has 2 N–H and O–H groups in total. The molecule has 4 heterocycles. The van der Waals surface area contributed by atoms with Gasteiger partial charge in [-0.25, -0.2) is 4.79 Å². The van der Waals surface area contributed by atoms with E-state index in [2.05, 4.69) is 15.4 Å². The molecule has 12 nitrogen and oxygen atoms in total. The Balaban J connectivity index is 1.82. The van der Waals surface area contributed by atoms with E-state index in [-0.39, 0.29) is 30.5 Å². The molecule has 13 heteroatoms. The quantitative estimate of drug-likeness (QED) is 0.669. The first-order valence-corrected chi connectivity index (χ1v) is 9.62. The average molecular weight is 433 g/mol. The number of pyridine rings is 1. The van der Waals surface area contributed by atoms with Crippen LogP contribution in [0.25, 0.3) is 0 Å². The predicted octanol–water partition coefficient (Wildman–Crippen LogP) is 1.04. The zero-order valence-electron chi connectivity index (χ0n) is 16.3. The van der Waals surface area contributed by atoms with Crippen molar-refractivity contribution in [2.24, 2.45) is 7.05 Å². The Morgan fingerprint density at radius 3 is 2.80 bits per heavy atom. The first kappa shape index (κ1) is 20.1. The first-order valence-electron chi connectivity index (χ1n) is 8.92. The van der Waals surface area contributed by atoms with Crippen molar-refractivity contribution in [3.63, 3.8) is 0 Å². The van der Waals surface area contributed by atoms with Gasteiger partial charge in [-0.2, -0.15) is 14.4 Å². The highest BCUT2D eigenvalue weighted by molar-refractivity contribution is 7.88. The van der Waals surface area contributed by atoms with Crippen LogP contribution >= 0.6 is 12.3 Å². The molecule has 1 fully saturated rings. The Morgan fingerprint density at radius 2 is 2.17 bits per heavy atom. The van der Waals surface area contributed by atoms with Crippen LogP contribution in [0.2, 0.25) is 0 Å². The summed E-state index contributed by atoms with van der Waals surface area (Å²) in [6.45, 7) is 0.107. The zero-order chi connectivity index (χ0) is 21.6. The topological polar surface area (TPSA) is 133 Å². The fraction of sp³-hybridized carbons (Fsp3) is 0.353. The Kier molecular flexibility index (Phi) is 5.09. The summed E-state index contributed by atoms with van der Waals surface area (Å²) in [5.41, 5.74) is 1.35. The van der Waals surface area contributed by atoms with Crippen molar-refractivity contribution in [1.82, 2.24) is 29.6 Å². The lowest BCUT2D eigenvalue weighted by Crippen LogP contribution is -2.44. The highest BCUT2D eigenvalue weighted by Crippen LogP contribution is 2.46. The smallest absolute Gasteiger partial charge is 0.346 e. The van der Waals surface area contributed by atoms with E-state index >= 15 is 0 Å². The molecule has 2 aliphatic heterocycles. The summed E-state index contributed by atoms with van der Waals surface area (Å²) in [5.74, 6) is -0.857. The van der Waals surface area contributed by atoms with Crippen LogP contribution in [0.3, 0.4) is 0 Å². The van der Waals surface area contributed by atoms with Crippen LogP contribution in [-0.4, -0.2) is 72.7 Å². The predicted molar refractivity (Wildman–Crippen MR) is 105 cm³/mol. The third kappa shape index (κ3) is 3.07. The number of nitrogens with zero attached hydrogens (tertiary/aromatic N) is 6. The van der Waals surface area contributed by atoms with Crippen LogP contribution in [-0.2, 0) is 16.1 Å². The third-order valence-electron chi connectivity index (χ3n) is 5.04. The van der Waals surface area contributed by atoms with Crippen LogP contribution in [0.1, 0.15) is 33.8 Å². The van der Waals surface area contributed by atoms with Gasteiger partial charge in [-0.3, -0.25) is 19.3 Å². The summed E-state index contributed by atoms with van der Waals surface area (Å²) in [7, 11) is 4.77. The maximum absolute atomic E-state index is 13.0. The van der Waals surface area contributed by atoms with Gasteiger partial charge in [0.1, 0.15) is 6.04 Å². The normalized spacial score (nSPS) is 19.7. The van der Waals surface area contributed by atoms with Gasteiger partial charge < -0.3 is 19.7 Å². The summed E-state index contributed by atoms with van der Waals surface area (Å²) in [6.07, 6.45) is 3.07. The number of anilines is 1. The van der Waals surface area contributed by atoms with Crippen molar-refractivity contribution in [3.05, 3.63) is 41.5 Å². The van der Waals surface area contributed by atoms with Gasteiger partial charge in [0.05, 0.1) is 24.1 Å². The Labute approximate surface area is 175 Å². The van der Waals surface area contributed by atoms with Crippen molar-refractivity contribution in [3.8, 4) is 0 Å². The van der Waals surface area contributed by atoms with Gasteiger partial charge in [0.2, 0.25) is 0 Å². The van der Waals surface area contributed by atoms with E-state index in [0.717, 1.165) is 5.06 Å². The van der Waals surface area contributed by atoms with Gasteiger partial charge in [0.15, 0.2) is 24.1 Å². The number of urea groups is 1. The van der Waals surface area contributed by atoms with E-state index in [1.807, 2.05) is 0 Å². The fourth-order valence-corrected chi connectivity index (χ4v) is 4.03. The summed E-state index contributed by atoms with van der Waals surface area (Å²) >= 11 is 0.0129. The lowest BCUT2D eigenvalue weighted by molar-refractivity contribution is -0.134. The van der Waals surface area contributed by atoms with E-state index in [9.17, 15) is 14.4 Å². The van der Waals surface area contributed by atoms with Crippen LogP contribution in [0.4, 0.5) is 10.5 Å². The van der Waals surface area contributed by atoms with Crippen molar-refractivity contribution in [2.45, 2.75) is 12.1 Å². The number of hydroxylamine groups is 2. The summed E-state index contributed by atoms with van der Waals surface area (Å²) in [5, 5.41) is 8.02. The largest absolute Gasteiger partial charge is 0.347 e. The molecule has 0 radical (unpaired) electrons. The number of fused-ring (bicyclic) bond motifs is 4. The van der Waals surface area contributed by atoms with E-state index in [4.69, 9.17) is 8.84 Å². The number of nitrogens with one attached hydrogen (secondary N) is 1. The standard InChI is InChI=1S/C17H19N7O5S/c1-21(2)16(26)14-13-11(10-8-23(14)17(27)24(10)29-30-28)12(20-22(13)3)15(25)19-9-5-4-6-18-7-9/h4-7,10,14,28H,8H2,1-3H3,(H,19,25). The molecule has 0 spiro atoms. The van der Waals surface area contributed by atoms with Crippen molar-refractivity contribution in [1.29, 1.82) is 0 Å². The minimum atomic E-state index is -0.978. The number of carbonyl (C=O) groups excluding carboxylic acids is 3. The second-order valence-corrected chi connectivity index (χ2v) is 7.33. The van der Waals surface area contributed by atoms with Crippen molar-refractivity contribution >= 4 is 35.9 Å². The number of aryl methyl sites for hydroxylation is 1. The van der Waals surface area contributed by atoms with Gasteiger partial charge in [0, 0.05) is 32.9 Å². The van der Waals surface area contributed by atoms with E-state index in [0.29, 0.717) is 16.9 Å². The maximum Gasteiger partial charge on any atom is 0.346 e. The van der Waals surface area contributed by atoms with E-state index < -0.39 is 24.0 Å². The lowest BCUT2D eigenvalue weighted by Gasteiger charge is -2.32. The molecule has 0 saturated carbocycles. The first-order chi connectivity index (χ1) is 14.3. The van der Waals surface area contributed by atoms with Crippen LogP contribution < -0.4 is 5.32 Å². The van der Waals surface area contributed by atoms with Gasteiger partial charge >= 0.3 is 6.03 Å². The highest BCUT2D eigenvalue weighted by Gasteiger charge is 2.55. The molecule has 1 saturated heterocycles. The minimum Gasteiger partial charge on any atom is -0.347 e. The molecule has 4 amide bonds. The van der Waals surface area contributed by atoms with E-state index in [1.165, 1.54) is 20.7 Å². The Bertz CT molecular complexity index is 1010. The molecule has 158 valence electrons. The molecule has 30 heavy (non-hydrogen) atoms. The summed E-state index contributed by atoms with van der Waals surface area (Å²) < 4.78 is 15.6. The van der Waals surface area contributed by atoms with Gasteiger partial charge in [0.25, 0.3) is 11.8 Å². The SMILES string of the molecule is CN(C)C(=O)C1c2c(c(C(=O)Nc3cccnc3)nn2C)C2CN1C(=O)N2OSO. The second kappa shape index (κ2) is 7.59. The van der Waals surface area contributed by atoms with Crippen LogP contribution in [0.5, 0.6) is 0 Å². The summed E-state index contributed by atoms with van der Waals surface area (Å²) in [6, 6.07) is 1.07. The van der Waals surface area contributed by atoms with Crippen LogP contribution in [0.15, 0.2) is 24.5 Å². The number of rotatable bonds is 5. The Morgan fingerprint density at radius 1 is 1.40 bits per heavy atom. The zero-order valence-corrected chi connectivity index (χ0v) is 17.2. The van der Waals surface area contributed by atoms with Gasteiger partial charge in [-0.05, 0) is 12.1 Å². The van der Waals surface area contributed by atoms with Crippen LogP contribution in [0, 0.1) is 0 Å². The molecule has 4 rings (SSSR count). The molecular formula is C17H19N7O5S. The molecule has 0 aromatic carbocycles. The lowest BCUT2D eigenvalue weighted by atomic mass is 9.94. The molecular weight excluding hydrogens is 414 g/mol. The number of aromatic nitrogens is 3. The number of likely N-dealkylation sites (N-methyl/N-ethyl adjacent to an activating group) is 1. The molecule has 2 bridgehead atoms. The summed E-state index contributed by atoms with van der Waals surface area (Å²) in [4.78, 5) is 45.5. The van der Waals surface area contributed by atoms with E-state index in [1.54, 1.807) is 39.5 Å². The van der Waals surface area contributed by atoms with Gasteiger partial charge in [-0.1, -0.05) is 0 Å². The second-order valence-electron chi connectivity index (χ2n) is 7.03. The number of amides is 4. The molecule has 0 aliphatic carbocycles. The number of hydrogen-bond donors (Lipinski definition) is 2. The fourth-order valence-electron chi connectivity index (χ4n) is 3.79. The number of carbonyl (C=O) groups is 3. The monoisotopic (exact) mass is 433 g/mol. The molecule has 2 unspecified atom stereocenters. The molecule has 2 aromatic rings. The van der Waals surface area contributed by atoms with Crippen molar-refractivity contribution in [2.75, 3.05) is 26.0 Å². The highest BCUT2D eigenvalue weighted by atomic mass is 32.2. The van der Waals surface area contributed by atoms with Gasteiger partial charge in [-0.15, -0.1) is 0 Å². The van der Waals surface area contributed by atoms with Crippen molar-refractivity contribution < 1.29 is 23.2 Å². The Hall–Kier alpha value is -3.16. The third-order valence-corrected chi connectivity index (χ3v) is 5.27.